The summed E-state index contributed by atoms with van der Waals surface area (Å²) in [6.45, 7) is 1.73. The van der Waals surface area contributed by atoms with Gasteiger partial charge in [-0.15, -0.1) is 12.4 Å². The molecule has 1 aliphatic heterocycles. The summed E-state index contributed by atoms with van der Waals surface area (Å²) >= 11 is 0. The van der Waals surface area contributed by atoms with E-state index in [2.05, 4.69) is 27.6 Å². The second-order valence-corrected chi connectivity index (χ2v) is 5.12. The maximum absolute atomic E-state index is 5.40. The van der Waals surface area contributed by atoms with Crippen molar-refractivity contribution in [1.29, 1.82) is 0 Å². The average Bonchev–Trinajstić information content (AvgIpc) is 2.85. The molecule has 0 amide bonds. The van der Waals surface area contributed by atoms with Gasteiger partial charge in [-0.1, -0.05) is 11.2 Å². The van der Waals surface area contributed by atoms with E-state index in [0.29, 0.717) is 12.4 Å². The van der Waals surface area contributed by atoms with E-state index < -0.39 is 0 Å². The van der Waals surface area contributed by atoms with E-state index in [0.717, 1.165) is 30.8 Å². The molecule has 2 heterocycles. The Kier molecular flexibility index (Phi) is 4.62. The van der Waals surface area contributed by atoms with Gasteiger partial charge in [-0.25, -0.2) is 0 Å². The Labute approximate surface area is 124 Å². The third-order valence-electron chi connectivity index (χ3n) is 3.25. The number of nitrogens with zero attached hydrogens (tertiary/aromatic N) is 3. The number of fused-ring (bicyclic) bond motifs is 1. The van der Waals surface area contributed by atoms with E-state index >= 15 is 0 Å². The topological polar surface area (TPSA) is 54.2 Å². The number of nitrogens with one attached hydrogen (secondary N) is 1. The monoisotopic (exact) mass is 294 g/mol. The molecule has 5 nitrogen and oxygen atoms in total. The number of benzene rings is 1. The van der Waals surface area contributed by atoms with Gasteiger partial charge >= 0.3 is 0 Å². The molecule has 2 aromatic rings. The van der Waals surface area contributed by atoms with Crippen molar-refractivity contribution in [3.63, 3.8) is 0 Å². The normalized spacial score (nSPS) is 13.6. The van der Waals surface area contributed by atoms with E-state index in [9.17, 15) is 0 Å². The largest absolute Gasteiger partial charge is 0.385 e. The van der Waals surface area contributed by atoms with Crippen molar-refractivity contribution < 1.29 is 4.52 Å². The second-order valence-electron chi connectivity index (χ2n) is 5.12. The highest BCUT2D eigenvalue weighted by atomic mass is 35.5. The SMILES string of the molecule is CN(C)Cc1noc(-c2cccc3c2CCCN3)n1.Cl. The molecule has 0 unspecified atom stereocenters. The zero-order valence-corrected chi connectivity index (χ0v) is 12.5. The summed E-state index contributed by atoms with van der Waals surface area (Å²) in [4.78, 5) is 6.51. The van der Waals surface area contributed by atoms with Gasteiger partial charge in [0, 0.05) is 17.8 Å². The Bertz CT molecular complexity index is 582. The van der Waals surface area contributed by atoms with Crippen molar-refractivity contribution in [2.24, 2.45) is 0 Å². The minimum Gasteiger partial charge on any atom is -0.385 e. The highest BCUT2D eigenvalue weighted by molar-refractivity contribution is 5.85. The van der Waals surface area contributed by atoms with E-state index in [1.54, 1.807) is 0 Å². The third-order valence-corrected chi connectivity index (χ3v) is 3.25. The summed E-state index contributed by atoms with van der Waals surface area (Å²) in [6.07, 6.45) is 2.20. The van der Waals surface area contributed by atoms with Crippen LogP contribution in [0.4, 0.5) is 5.69 Å². The lowest BCUT2D eigenvalue weighted by molar-refractivity contribution is 0.365. The van der Waals surface area contributed by atoms with Crippen LogP contribution in [0.2, 0.25) is 0 Å². The summed E-state index contributed by atoms with van der Waals surface area (Å²) in [7, 11) is 3.98. The van der Waals surface area contributed by atoms with E-state index in [1.165, 1.54) is 11.3 Å². The fourth-order valence-electron chi connectivity index (χ4n) is 2.42. The van der Waals surface area contributed by atoms with Gasteiger partial charge in [0.15, 0.2) is 5.82 Å². The van der Waals surface area contributed by atoms with Gasteiger partial charge in [0.05, 0.1) is 6.54 Å². The Balaban J connectivity index is 0.00000147. The molecule has 20 heavy (non-hydrogen) atoms. The van der Waals surface area contributed by atoms with Gasteiger partial charge in [0.1, 0.15) is 0 Å². The lowest BCUT2D eigenvalue weighted by Crippen LogP contribution is -2.12. The molecule has 0 bridgehead atoms. The van der Waals surface area contributed by atoms with Crippen molar-refractivity contribution in [3.8, 4) is 11.5 Å². The predicted octanol–water partition coefficient (Wildman–Crippen LogP) is 2.58. The lowest BCUT2D eigenvalue weighted by atomic mass is 9.97. The maximum atomic E-state index is 5.40. The molecule has 0 aliphatic carbocycles. The molecule has 0 atom stereocenters. The van der Waals surface area contributed by atoms with Crippen LogP contribution in [0.1, 0.15) is 17.8 Å². The number of hydrogen-bond donors (Lipinski definition) is 1. The third kappa shape index (κ3) is 2.94. The Hall–Kier alpha value is -1.59. The Morgan fingerprint density at radius 3 is 3.00 bits per heavy atom. The number of rotatable bonds is 3. The van der Waals surface area contributed by atoms with Crippen molar-refractivity contribution >= 4 is 18.1 Å². The lowest BCUT2D eigenvalue weighted by Gasteiger charge is -2.19. The molecule has 108 valence electrons. The Morgan fingerprint density at radius 1 is 1.35 bits per heavy atom. The fourth-order valence-corrected chi connectivity index (χ4v) is 2.42. The molecular formula is C14H19ClN4O. The molecule has 0 radical (unpaired) electrons. The molecule has 3 rings (SSSR count). The fraction of sp³-hybridized carbons (Fsp3) is 0.429. The molecule has 1 N–H and O–H groups in total. The predicted molar refractivity (Wildman–Crippen MR) is 81.2 cm³/mol. The Morgan fingerprint density at radius 2 is 2.20 bits per heavy atom. The second kappa shape index (κ2) is 6.24. The average molecular weight is 295 g/mol. The molecule has 1 aromatic carbocycles. The van der Waals surface area contributed by atoms with Gasteiger partial charge in [-0.3, -0.25) is 0 Å². The molecule has 0 fully saturated rings. The van der Waals surface area contributed by atoms with Crippen LogP contribution in [-0.4, -0.2) is 35.7 Å². The summed E-state index contributed by atoms with van der Waals surface area (Å²) in [5, 5.41) is 7.45. The van der Waals surface area contributed by atoms with Crippen LogP contribution in [0.3, 0.4) is 0 Å². The first kappa shape index (κ1) is 14.8. The van der Waals surface area contributed by atoms with Crippen molar-refractivity contribution in [2.75, 3.05) is 26.0 Å². The van der Waals surface area contributed by atoms with Crippen LogP contribution in [0.25, 0.3) is 11.5 Å². The molecular weight excluding hydrogens is 276 g/mol. The van der Waals surface area contributed by atoms with Crippen LogP contribution in [0, 0.1) is 0 Å². The van der Waals surface area contributed by atoms with Crippen molar-refractivity contribution in [2.45, 2.75) is 19.4 Å². The van der Waals surface area contributed by atoms with E-state index in [4.69, 9.17) is 4.52 Å². The smallest absolute Gasteiger partial charge is 0.258 e. The summed E-state index contributed by atoms with van der Waals surface area (Å²) in [5.41, 5.74) is 3.53. The van der Waals surface area contributed by atoms with Crippen LogP contribution in [-0.2, 0) is 13.0 Å². The van der Waals surface area contributed by atoms with Crippen LogP contribution in [0.15, 0.2) is 22.7 Å². The standard InChI is InChI=1S/C14H18N4O.ClH/c1-18(2)9-13-16-14(19-17-13)11-5-3-7-12-10(11)6-4-8-15-12;/h3,5,7,15H,4,6,8-9H2,1-2H3;1H. The number of hydrogen-bond acceptors (Lipinski definition) is 5. The van der Waals surface area contributed by atoms with E-state index in [1.807, 2.05) is 25.1 Å². The minimum atomic E-state index is 0. The van der Waals surface area contributed by atoms with Gasteiger partial charge in [-0.05, 0) is 44.6 Å². The first-order valence-electron chi connectivity index (χ1n) is 6.57. The minimum absolute atomic E-state index is 0. The van der Waals surface area contributed by atoms with Gasteiger partial charge in [0.2, 0.25) is 0 Å². The quantitative estimate of drug-likeness (QED) is 0.943. The highest BCUT2D eigenvalue weighted by Crippen LogP contribution is 2.31. The van der Waals surface area contributed by atoms with Gasteiger partial charge in [-0.2, -0.15) is 4.98 Å². The first-order chi connectivity index (χ1) is 9.24. The van der Waals surface area contributed by atoms with E-state index in [-0.39, 0.29) is 12.4 Å². The summed E-state index contributed by atoms with van der Waals surface area (Å²) in [6, 6.07) is 6.19. The van der Waals surface area contributed by atoms with Crippen LogP contribution >= 0.6 is 12.4 Å². The van der Waals surface area contributed by atoms with Crippen LogP contribution < -0.4 is 5.32 Å². The maximum Gasteiger partial charge on any atom is 0.258 e. The van der Waals surface area contributed by atoms with Crippen molar-refractivity contribution in [3.05, 3.63) is 29.6 Å². The molecule has 6 heteroatoms. The van der Waals surface area contributed by atoms with Gasteiger partial charge in [0.25, 0.3) is 5.89 Å². The zero-order chi connectivity index (χ0) is 13.2. The molecule has 0 saturated carbocycles. The molecule has 1 aromatic heterocycles. The molecule has 0 saturated heterocycles. The number of anilines is 1. The summed E-state index contributed by atoms with van der Waals surface area (Å²) < 4.78 is 5.40. The first-order valence-corrected chi connectivity index (χ1v) is 6.57. The number of halogens is 1. The highest BCUT2D eigenvalue weighted by Gasteiger charge is 2.17. The zero-order valence-electron chi connectivity index (χ0n) is 11.7. The van der Waals surface area contributed by atoms with Crippen molar-refractivity contribution in [1.82, 2.24) is 15.0 Å². The molecule has 1 aliphatic rings. The van der Waals surface area contributed by atoms with Crippen LogP contribution in [0.5, 0.6) is 0 Å². The molecule has 0 spiro atoms. The summed E-state index contributed by atoms with van der Waals surface area (Å²) in [5.74, 6) is 1.35. The number of aromatic nitrogens is 2. The van der Waals surface area contributed by atoms with Gasteiger partial charge < -0.3 is 14.7 Å².